The number of aromatic nitrogens is 2. The first-order chi connectivity index (χ1) is 12.6. The van der Waals surface area contributed by atoms with Crippen LogP contribution in [-0.2, 0) is 6.54 Å². The Hall–Kier alpha value is -2.93. The van der Waals surface area contributed by atoms with Crippen molar-refractivity contribution in [3.05, 3.63) is 81.7 Å². The lowest BCUT2D eigenvalue weighted by Crippen LogP contribution is -2.22. The van der Waals surface area contributed by atoms with Crippen LogP contribution in [0.25, 0.3) is 5.69 Å². The van der Waals surface area contributed by atoms with Gasteiger partial charge in [0.05, 0.1) is 17.6 Å². The van der Waals surface area contributed by atoms with Crippen LogP contribution in [0.3, 0.4) is 0 Å². The third kappa shape index (κ3) is 4.00. The molecule has 2 aromatic carbocycles. The summed E-state index contributed by atoms with van der Waals surface area (Å²) in [7, 11) is 0. The standard InChI is InChI=1S/C18H14ClF2N3O2/c19-16-14(11-23-24(17(16)25)13-7-2-1-3-8-13)22-10-12-6-4-5-9-15(12)26-18(20)21/h1-9,11,18,22H,10H2. The second-order valence-corrected chi connectivity index (χ2v) is 5.64. The van der Waals surface area contributed by atoms with E-state index >= 15 is 0 Å². The Morgan fingerprint density at radius 1 is 1.12 bits per heavy atom. The number of hydrogen-bond acceptors (Lipinski definition) is 4. The molecule has 0 bridgehead atoms. The molecule has 3 rings (SSSR count). The molecule has 0 aliphatic carbocycles. The van der Waals surface area contributed by atoms with Gasteiger partial charge in [-0.25, -0.2) is 0 Å². The minimum absolute atomic E-state index is 0.0453. The monoisotopic (exact) mass is 377 g/mol. The summed E-state index contributed by atoms with van der Waals surface area (Å²) < 4.78 is 30.6. The SMILES string of the molecule is O=c1c(Cl)c(NCc2ccccc2OC(F)F)cnn1-c1ccccc1. The van der Waals surface area contributed by atoms with Crippen molar-refractivity contribution < 1.29 is 13.5 Å². The molecule has 0 radical (unpaired) electrons. The van der Waals surface area contributed by atoms with Crippen LogP contribution in [-0.4, -0.2) is 16.4 Å². The van der Waals surface area contributed by atoms with Gasteiger partial charge in [0.15, 0.2) is 0 Å². The van der Waals surface area contributed by atoms with Crippen molar-refractivity contribution in [1.82, 2.24) is 9.78 Å². The van der Waals surface area contributed by atoms with Crippen LogP contribution in [0.1, 0.15) is 5.56 Å². The first-order valence-electron chi connectivity index (χ1n) is 7.66. The van der Waals surface area contributed by atoms with Gasteiger partial charge in [-0.15, -0.1) is 0 Å². The molecule has 26 heavy (non-hydrogen) atoms. The summed E-state index contributed by atoms with van der Waals surface area (Å²) in [5.41, 5.74) is 0.897. The van der Waals surface area contributed by atoms with Crippen molar-refractivity contribution in [2.75, 3.05) is 5.32 Å². The van der Waals surface area contributed by atoms with Crippen LogP contribution in [0, 0.1) is 0 Å². The lowest BCUT2D eigenvalue weighted by atomic mass is 10.2. The average molecular weight is 378 g/mol. The second-order valence-electron chi connectivity index (χ2n) is 5.26. The first kappa shape index (κ1) is 17.9. The number of rotatable bonds is 6. The van der Waals surface area contributed by atoms with Gasteiger partial charge in [-0.3, -0.25) is 4.79 Å². The van der Waals surface area contributed by atoms with Gasteiger partial charge in [-0.2, -0.15) is 18.6 Å². The van der Waals surface area contributed by atoms with Crippen LogP contribution < -0.4 is 15.6 Å². The third-order valence-electron chi connectivity index (χ3n) is 3.58. The Bertz CT molecular complexity index is 949. The molecule has 1 aromatic heterocycles. The highest BCUT2D eigenvalue weighted by atomic mass is 35.5. The van der Waals surface area contributed by atoms with E-state index in [1.54, 1.807) is 42.5 Å². The molecular weight excluding hydrogens is 364 g/mol. The molecular formula is C18H14ClF2N3O2. The Labute approximate surface area is 152 Å². The maximum Gasteiger partial charge on any atom is 0.387 e. The number of hydrogen-bond donors (Lipinski definition) is 1. The normalized spacial score (nSPS) is 10.8. The molecule has 0 aliphatic heterocycles. The molecule has 0 atom stereocenters. The average Bonchev–Trinajstić information content (AvgIpc) is 2.64. The fraction of sp³-hybridized carbons (Fsp3) is 0.111. The van der Waals surface area contributed by atoms with Gasteiger partial charge in [0.1, 0.15) is 10.8 Å². The van der Waals surface area contributed by atoms with E-state index in [-0.39, 0.29) is 17.3 Å². The summed E-state index contributed by atoms with van der Waals surface area (Å²) in [4.78, 5) is 12.4. The van der Waals surface area contributed by atoms with Crippen molar-refractivity contribution in [2.24, 2.45) is 0 Å². The maximum absolute atomic E-state index is 12.5. The number of ether oxygens (including phenoxy) is 1. The van der Waals surface area contributed by atoms with E-state index in [9.17, 15) is 13.6 Å². The van der Waals surface area contributed by atoms with E-state index in [2.05, 4.69) is 15.2 Å². The van der Waals surface area contributed by atoms with E-state index in [1.165, 1.54) is 16.9 Å². The molecule has 8 heteroatoms. The van der Waals surface area contributed by atoms with Gasteiger partial charge in [0, 0.05) is 12.1 Å². The molecule has 0 saturated carbocycles. The fourth-order valence-electron chi connectivity index (χ4n) is 2.36. The van der Waals surface area contributed by atoms with E-state index in [1.807, 2.05) is 6.07 Å². The summed E-state index contributed by atoms with van der Waals surface area (Å²) in [6.07, 6.45) is 1.41. The van der Waals surface area contributed by atoms with E-state index in [4.69, 9.17) is 11.6 Å². The Kier molecular flexibility index (Phi) is 5.48. The third-order valence-corrected chi connectivity index (χ3v) is 3.94. The number of para-hydroxylation sites is 2. The Morgan fingerprint density at radius 3 is 2.54 bits per heavy atom. The molecule has 0 fully saturated rings. The lowest BCUT2D eigenvalue weighted by molar-refractivity contribution is -0.0504. The zero-order valence-electron chi connectivity index (χ0n) is 13.4. The van der Waals surface area contributed by atoms with Crippen molar-refractivity contribution in [3.8, 4) is 11.4 Å². The molecule has 5 nitrogen and oxygen atoms in total. The van der Waals surface area contributed by atoms with Gasteiger partial charge >= 0.3 is 6.61 Å². The number of nitrogens with zero attached hydrogens (tertiary/aromatic N) is 2. The van der Waals surface area contributed by atoms with Crippen molar-refractivity contribution in [2.45, 2.75) is 13.2 Å². The van der Waals surface area contributed by atoms with E-state index in [0.29, 0.717) is 16.9 Å². The second kappa shape index (κ2) is 7.97. The lowest BCUT2D eigenvalue weighted by Gasteiger charge is -2.13. The van der Waals surface area contributed by atoms with Crippen molar-refractivity contribution >= 4 is 17.3 Å². The van der Waals surface area contributed by atoms with Crippen LogP contribution >= 0.6 is 11.6 Å². The summed E-state index contributed by atoms with van der Waals surface area (Å²) in [6, 6.07) is 15.2. The zero-order chi connectivity index (χ0) is 18.5. The molecule has 0 aliphatic rings. The van der Waals surface area contributed by atoms with E-state index < -0.39 is 12.2 Å². The summed E-state index contributed by atoms with van der Waals surface area (Å²) in [5.74, 6) is 0.0525. The molecule has 0 amide bonds. The molecule has 1 heterocycles. The summed E-state index contributed by atoms with van der Waals surface area (Å²) in [5, 5.41) is 6.98. The van der Waals surface area contributed by atoms with Gasteiger partial charge in [-0.05, 0) is 18.2 Å². The first-order valence-corrected chi connectivity index (χ1v) is 8.04. The molecule has 3 aromatic rings. The van der Waals surface area contributed by atoms with Crippen molar-refractivity contribution in [3.63, 3.8) is 0 Å². The smallest absolute Gasteiger partial charge is 0.387 e. The molecule has 134 valence electrons. The highest BCUT2D eigenvalue weighted by Gasteiger charge is 2.12. The van der Waals surface area contributed by atoms with E-state index in [0.717, 1.165) is 0 Å². The van der Waals surface area contributed by atoms with Crippen LogP contribution in [0.4, 0.5) is 14.5 Å². The molecule has 0 spiro atoms. The van der Waals surface area contributed by atoms with Gasteiger partial charge in [-0.1, -0.05) is 48.0 Å². The minimum Gasteiger partial charge on any atom is -0.434 e. The predicted molar refractivity (Wildman–Crippen MR) is 95.2 cm³/mol. The highest BCUT2D eigenvalue weighted by Crippen LogP contribution is 2.23. The topological polar surface area (TPSA) is 56.1 Å². The number of benzene rings is 2. The largest absolute Gasteiger partial charge is 0.434 e. The highest BCUT2D eigenvalue weighted by molar-refractivity contribution is 6.32. The summed E-state index contributed by atoms with van der Waals surface area (Å²) >= 11 is 6.15. The number of anilines is 1. The minimum atomic E-state index is -2.92. The Morgan fingerprint density at radius 2 is 1.81 bits per heavy atom. The fourth-order valence-corrected chi connectivity index (χ4v) is 2.56. The van der Waals surface area contributed by atoms with Crippen LogP contribution in [0.2, 0.25) is 5.02 Å². The van der Waals surface area contributed by atoms with Gasteiger partial charge in [0.2, 0.25) is 0 Å². The number of nitrogens with one attached hydrogen (secondary N) is 1. The quantitative estimate of drug-likeness (QED) is 0.702. The maximum atomic E-state index is 12.5. The van der Waals surface area contributed by atoms with Crippen LogP contribution in [0.15, 0.2) is 65.6 Å². The number of alkyl halides is 2. The van der Waals surface area contributed by atoms with Gasteiger partial charge in [0.25, 0.3) is 5.56 Å². The molecule has 1 N–H and O–H groups in total. The number of halogens is 3. The molecule has 0 saturated heterocycles. The zero-order valence-corrected chi connectivity index (χ0v) is 14.2. The molecule has 0 unspecified atom stereocenters. The summed E-state index contributed by atoms with van der Waals surface area (Å²) in [6.45, 7) is -2.78. The van der Waals surface area contributed by atoms with Gasteiger partial charge < -0.3 is 10.1 Å². The van der Waals surface area contributed by atoms with Crippen molar-refractivity contribution in [1.29, 1.82) is 0 Å². The predicted octanol–water partition coefficient (Wildman–Crippen LogP) is 4.10. The Balaban J connectivity index is 1.82. The van der Waals surface area contributed by atoms with Crippen LogP contribution in [0.5, 0.6) is 5.75 Å².